The molecule has 0 atom stereocenters. The number of nitrogens with one attached hydrogen (secondary N) is 1. The molecule has 0 spiro atoms. The molecule has 0 saturated heterocycles. The smallest absolute Gasteiger partial charge is 0.226 e. The Labute approximate surface area is 153 Å². The average Bonchev–Trinajstić information content (AvgIpc) is 3.30. The van der Waals surface area contributed by atoms with Gasteiger partial charge in [0.05, 0.1) is 25.4 Å². The second-order valence-electron chi connectivity index (χ2n) is 5.38. The molecule has 0 bridgehead atoms. The molecule has 9 heteroatoms. The van der Waals surface area contributed by atoms with Gasteiger partial charge in [-0.1, -0.05) is 40.8 Å². The number of nitrogens with zero attached hydrogens (tertiary/aromatic N) is 6. The van der Waals surface area contributed by atoms with Crippen LogP contribution in [0.25, 0.3) is 11.0 Å². The van der Waals surface area contributed by atoms with Crippen LogP contribution in [-0.4, -0.2) is 38.5 Å². The minimum Gasteiger partial charge on any atom is -0.497 e. The van der Waals surface area contributed by atoms with E-state index >= 15 is 0 Å². The van der Waals surface area contributed by atoms with Crippen molar-refractivity contribution in [3.8, 4) is 5.75 Å². The summed E-state index contributed by atoms with van der Waals surface area (Å²) < 4.78 is 6.99. The van der Waals surface area contributed by atoms with Gasteiger partial charge in [0.2, 0.25) is 5.13 Å². The third-order valence-electron chi connectivity index (χ3n) is 3.64. The molecule has 26 heavy (non-hydrogen) atoms. The van der Waals surface area contributed by atoms with Crippen LogP contribution in [0.1, 0.15) is 10.6 Å². The lowest BCUT2D eigenvalue weighted by Crippen LogP contribution is -2.01. The summed E-state index contributed by atoms with van der Waals surface area (Å²) in [6.45, 7) is 0.513. The predicted molar refractivity (Wildman–Crippen MR) is 101 cm³/mol. The van der Waals surface area contributed by atoms with Crippen LogP contribution in [-0.2, 0) is 6.54 Å². The fraction of sp³-hybridized carbons (Fsp3) is 0.118. The number of anilines is 1. The first kappa shape index (κ1) is 16.2. The van der Waals surface area contributed by atoms with E-state index in [0.29, 0.717) is 11.7 Å². The summed E-state index contributed by atoms with van der Waals surface area (Å²) in [6.07, 6.45) is 1.70. The first-order chi connectivity index (χ1) is 12.8. The van der Waals surface area contributed by atoms with Gasteiger partial charge in [0.25, 0.3) is 0 Å². The van der Waals surface area contributed by atoms with Crippen LogP contribution in [0.15, 0.2) is 53.6 Å². The molecule has 2 aromatic carbocycles. The Morgan fingerprint density at radius 1 is 1.15 bits per heavy atom. The van der Waals surface area contributed by atoms with Gasteiger partial charge in [-0.05, 0) is 29.8 Å². The molecule has 0 radical (unpaired) electrons. The van der Waals surface area contributed by atoms with Gasteiger partial charge >= 0.3 is 0 Å². The molecule has 130 valence electrons. The summed E-state index contributed by atoms with van der Waals surface area (Å²) in [5.74, 6) is 0.784. The highest BCUT2D eigenvalue weighted by atomic mass is 32.1. The summed E-state index contributed by atoms with van der Waals surface area (Å²) in [5, 5.41) is 22.2. The van der Waals surface area contributed by atoms with Crippen LogP contribution in [0.4, 0.5) is 5.13 Å². The molecule has 0 fully saturated rings. The first-order valence-corrected chi connectivity index (χ1v) is 8.67. The Balaban J connectivity index is 1.42. The van der Waals surface area contributed by atoms with Crippen molar-refractivity contribution in [1.82, 2.24) is 25.2 Å². The van der Waals surface area contributed by atoms with Crippen molar-refractivity contribution >= 4 is 33.7 Å². The first-order valence-electron chi connectivity index (χ1n) is 7.85. The number of rotatable bonds is 6. The van der Waals surface area contributed by atoms with E-state index in [0.717, 1.165) is 27.4 Å². The highest BCUT2D eigenvalue weighted by Gasteiger charge is 2.08. The van der Waals surface area contributed by atoms with Crippen LogP contribution in [0.5, 0.6) is 5.75 Å². The van der Waals surface area contributed by atoms with Gasteiger partial charge in [-0.15, -0.1) is 15.3 Å². The summed E-state index contributed by atoms with van der Waals surface area (Å²) in [7, 11) is 1.63. The maximum absolute atomic E-state index is 5.19. The van der Waals surface area contributed by atoms with E-state index in [1.807, 2.05) is 48.5 Å². The Kier molecular flexibility index (Phi) is 4.52. The van der Waals surface area contributed by atoms with Gasteiger partial charge in [0.15, 0.2) is 0 Å². The van der Waals surface area contributed by atoms with Crippen molar-refractivity contribution in [3.05, 3.63) is 59.1 Å². The zero-order valence-electron chi connectivity index (χ0n) is 13.9. The lowest BCUT2D eigenvalue weighted by atomic mass is 10.2. The zero-order valence-corrected chi connectivity index (χ0v) is 14.7. The third-order valence-corrected chi connectivity index (χ3v) is 4.45. The quantitative estimate of drug-likeness (QED) is 0.417. The van der Waals surface area contributed by atoms with Crippen molar-refractivity contribution in [2.75, 3.05) is 12.5 Å². The standard InChI is InChI=1S/C17H15N7OS/c1-25-13-6-4-5-12(9-13)10-18-21-17-22-20-16(26-17)11-24-15-8-3-2-7-14(15)19-23-24/h2-10H,11H2,1H3,(H,21,22)/b18-10+. The largest absolute Gasteiger partial charge is 0.497 e. The van der Waals surface area contributed by atoms with Gasteiger partial charge in [-0.2, -0.15) is 5.10 Å². The summed E-state index contributed by atoms with van der Waals surface area (Å²) in [6, 6.07) is 15.4. The average molecular weight is 365 g/mol. The molecule has 0 aliphatic carbocycles. The molecule has 1 N–H and O–H groups in total. The molecular weight excluding hydrogens is 350 g/mol. The summed E-state index contributed by atoms with van der Waals surface area (Å²) >= 11 is 1.42. The number of hydrazone groups is 1. The third kappa shape index (κ3) is 3.52. The van der Waals surface area contributed by atoms with E-state index in [-0.39, 0.29) is 0 Å². The fourth-order valence-electron chi connectivity index (χ4n) is 2.41. The van der Waals surface area contributed by atoms with Gasteiger partial charge in [0, 0.05) is 0 Å². The minimum atomic E-state index is 0.513. The number of fused-ring (bicyclic) bond motifs is 1. The second kappa shape index (κ2) is 7.28. The van der Waals surface area contributed by atoms with Gasteiger partial charge in [0.1, 0.15) is 16.3 Å². The number of ether oxygens (including phenoxy) is 1. The van der Waals surface area contributed by atoms with Crippen molar-refractivity contribution in [3.63, 3.8) is 0 Å². The molecule has 0 unspecified atom stereocenters. The molecule has 2 heterocycles. The van der Waals surface area contributed by atoms with Crippen LogP contribution >= 0.6 is 11.3 Å². The van der Waals surface area contributed by atoms with Gasteiger partial charge < -0.3 is 4.74 Å². The Morgan fingerprint density at radius 2 is 2.08 bits per heavy atom. The number of hydrogen-bond donors (Lipinski definition) is 1. The van der Waals surface area contributed by atoms with Crippen LogP contribution in [0.3, 0.4) is 0 Å². The van der Waals surface area contributed by atoms with E-state index in [1.165, 1.54) is 11.3 Å². The maximum Gasteiger partial charge on any atom is 0.226 e. The number of aromatic nitrogens is 5. The minimum absolute atomic E-state index is 0.513. The highest BCUT2D eigenvalue weighted by Crippen LogP contribution is 2.18. The SMILES string of the molecule is COc1cccc(/C=N/Nc2nnc(Cn3nnc4ccccc43)s2)c1. The Hall–Kier alpha value is -3.33. The van der Waals surface area contributed by atoms with E-state index in [1.54, 1.807) is 18.0 Å². The monoisotopic (exact) mass is 365 g/mol. The fourth-order valence-corrected chi connectivity index (χ4v) is 3.08. The summed E-state index contributed by atoms with van der Waals surface area (Å²) in [4.78, 5) is 0. The van der Waals surface area contributed by atoms with Crippen molar-refractivity contribution < 1.29 is 4.74 Å². The van der Waals surface area contributed by atoms with Crippen molar-refractivity contribution in [1.29, 1.82) is 0 Å². The number of methoxy groups -OCH3 is 1. The molecular formula is C17H15N7OS. The molecule has 8 nitrogen and oxygen atoms in total. The van der Waals surface area contributed by atoms with Crippen LogP contribution < -0.4 is 10.2 Å². The molecule has 0 saturated carbocycles. The lowest BCUT2D eigenvalue weighted by molar-refractivity contribution is 0.415. The molecule has 0 aliphatic heterocycles. The number of para-hydroxylation sites is 1. The maximum atomic E-state index is 5.19. The van der Waals surface area contributed by atoms with Gasteiger partial charge in [-0.25, -0.2) is 4.68 Å². The van der Waals surface area contributed by atoms with E-state index in [4.69, 9.17) is 4.74 Å². The van der Waals surface area contributed by atoms with E-state index in [2.05, 4.69) is 31.0 Å². The highest BCUT2D eigenvalue weighted by molar-refractivity contribution is 7.15. The Bertz CT molecular complexity index is 1060. The van der Waals surface area contributed by atoms with Crippen LogP contribution in [0, 0.1) is 0 Å². The molecule has 4 aromatic rings. The number of hydrogen-bond acceptors (Lipinski definition) is 8. The topological polar surface area (TPSA) is 90.1 Å². The van der Waals surface area contributed by atoms with E-state index < -0.39 is 0 Å². The molecule has 0 amide bonds. The zero-order chi connectivity index (χ0) is 17.8. The predicted octanol–water partition coefficient (Wildman–Crippen LogP) is 2.79. The molecule has 4 rings (SSSR count). The Morgan fingerprint density at radius 3 is 3.00 bits per heavy atom. The van der Waals surface area contributed by atoms with Crippen molar-refractivity contribution in [2.45, 2.75) is 6.54 Å². The lowest BCUT2D eigenvalue weighted by Gasteiger charge is -1.99. The molecule has 2 aromatic heterocycles. The summed E-state index contributed by atoms with van der Waals surface area (Å²) in [5.41, 5.74) is 5.65. The normalized spacial score (nSPS) is 11.3. The van der Waals surface area contributed by atoms with Crippen LogP contribution in [0.2, 0.25) is 0 Å². The van der Waals surface area contributed by atoms with Gasteiger partial charge in [-0.3, -0.25) is 5.43 Å². The second-order valence-corrected chi connectivity index (χ2v) is 6.45. The van der Waals surface area contributed by atoms with E-state index in [9.17, 15) is 0 Å². The number of benzene rings is 2. The molecule has 0 aliphatic rings. The van der Waals surface area contributed by atoms with Crippen molar-refractivity contribution in [2.24, 2.45) is 5.10 Å².